The highest BCUT2D eigenvalue weighted by Crippen LogP contribution is 2.39. The van der Waals surface area contributed by atoms with Crippen molar-refractivity contribution in [3.8, 4) is 17.2 Å². The molecule has 36 heavy (non-hydrogen) atoms. The molecular weight excluding hydrogens is 486 g/mol. The van der Waals surface area contributed by atoms with Gasteiger partial charge in [-0.15, -0.1) is 0 Å². The van der Waals surface area contributed by atoms with E-state index >= 15 is 0 Å². The predicted octanol–water partition coefficient (Wildman–Crippen LogP) is 4.85. The van der Waals surface area contributed by atoms with Crippen molar-refractivity contribution in [3.05, 3.63) is 58.7 Å². The Balaban J connectivity index is 1.73. The zero-order chi connectivity index (χ0) is 25.8. The van der Waals surface area contributed by atoms with Crippen LogP contribution in [0.5, 0.6) is 17.2 Å². The highest BCUT2D eigenvalue weighted by molar-refractivity contribution is 6.30. The van der Waals surface area contributed by atoms with Gasteiger partial charge in [0.15, 0.2) is 11.5 Å². The topological polar surface area (TPSA) is 111 Å². The minimum absolute atomic E-state index is 0.190. The first-order chi connectivity index (χ1) is 17.3. The Morgan fingerprint density at radius 1 is 1.08 bits per heavy atom. The van der Waals surface area contributed by atoms with Crippen LogP contribution in [0.1, 0.15) is 43.4 Å². The van der Waals surface area contributed by atoms with Crippen molar-refractivity contribution in [1.29, 1.82) is 0 Å². The monoisotopic (exact) mass is 511 g/mol. The smallest absolute Gasteiger partial charge is 0.303 e. The number of rotatable bonds is 9. The van der Waals surface area contributed by atoms with Crippen LogP contribution in [-0.2, 0) is 9.59 Å². The summed E-state index contributed by atoms with van der Waals surface area (Å²) < 4.78 is 16.3. The Morgan fingerprint density at radius 3 is 2.56 bits per heavy atom. The third-order valence-electron chi connectivity index (χ3n) is 5.88. The molecule has 3 aromatic rings. The SMILES string of the molecule is CCOc1ccc2cc([C@@H]3CC(c4ccc(OC)c(OC)c4)=NN3C(=O)CCC(=O)O)c(Cl)nc2c1. The maximum absolute atomic E-state index is 13.1. The summed E-state index contributed by atoms with van der Waals surface area (Å²) in [6.07, 6.45) is -0.129. The third-order valence-corrected chi connectivity index (χ3v) is 6.18. The number of halogens is 1. The molecular formula is C26H26ClN3O6. The Kier molecular flexibility index (Phi) is 7.59. The first-order valence-corrected chi connectivity index (χ1v) is 11.8. The number of carboxylic acids is 1. The molecule has 0 bridgehead atoms. The van der Waals surface area contributed by atoms with Crippen LogP contribution in [0.15, 0.2) is 47.6 Å². The zero-order valence-electron chi connectivity index (χ0n) is 20.2. The maximum atomic E-state index is 13.1. The van der Waals surface area contributed by atoms with Gasteiger partial charge in [0.25, 0.3) is 0 Å². The molecule has 0 radical (unpaired) electrons. The molecule has 2 aromatic carbocycles. The molecule has 9 nitrogen and oxygen atoms in total. The second kappa shape index (κ2) is 10.8. The first kappa shape index (κ1) is 25.2. The van der Waals surface area contributed by atoms with E-state index in [9.17, 15) is 9.59 Å². The number of hydrogen-bond acceptors (Lipinski definition) is 7. The molecule has 188 valence electrons. The molecule has 0 aliphatic carbocycles. The first-order valence-electron chi connectivity index (χ1n) is 11.4. The molecule has 0 saturated heterocycles. The number of hydrogen-bond donors (Lipinski definition) is 1. The molecule has 0 saturated carbocycles. The van der Waals surface area contributed by atoms with Gasteiger partial charge in [0.2, 0.25) is 5.91 Å². The minimum Gasteiger partial charge on any atom is -0.494 e. The van der Waals surface area contributed by atoms with E-state index in [4.69, 9.17) is 30.9 Å². The fourth-order valence-corrected chi connectivity index (χ4v) is 4.40. The lowest BCUT2D eigenvalue weighted by Crippen LogP contribution is -2.27. The fourth-order valence-electron chi connectivity index (χ4n) is 4.13. The molecule has 0 spiro atoms. The molecule has 1 aromatic heterocycles. The summed E-state index contributed by atoms with van der Waals surface area (Å²) >= 11 is 6.62. The lowest BCUT2D eigenvalue weighted by Gasteiger charge is -2.23. The van der Waals surface area contributed by atoms with E-state index in [2.05, 4.69) is 10.1 Å². The fraction of sp³-hybridized carbons (Fsp3) is 0.308. The quantitative estimate of drug-likeness (QED) is 0.409. The Hall–Kier alpha value is -3.85. The van der Waals surface area contributed by atoms with E-state index < -0.39 is 17.9 Å². The number of amides is 1. The summed E-state index contributed by atoms with van der Waals surface area (Å²) in [5, 5.41) is 16.0. The molecule has 1 N–H and O–H groups in total. The number of benzene rings is 2. The molecule has 1 aliphatic rings. The van der Waals surface area contributed by atoms with Crippen LogP contribution in [0.4, 0.5) is 0 Å². The average Bonchev–Trinajstić information content (AvgIpc) is 3.32. The van der Waals surface area contributed by atoms with Gasteiger partial charge in [-0.2, -0.15) is 5.10 Å². The van der Waals surface area contributed by atoms with Crippen LogP contribution < -0.4 is 14.2 Å². The maximum Gasteiger partial charge on any atom is 0.303 e. The largest absolute Gasteiger partial charge is 0.494 e. The van der Waals surface area contributed by atoms with Gasteiger partial charge in [-0.05, 0) is 43.3 Å². The molecule has 2 heterocycles. The predicted molar refractivity (Wildman–Crippen MR) is 135 cm³/mol. The van der Waals surface area contributed by atoms with Crippen molar-refractivity contribution in [2.24, 2.45) is 5.10 Å². The number of nitrogens with zero attached hydrogens (tertiary/aromatic N) is 3. The van der Waals surface area contributed by atoms with Crippen LogP contribution in [0.3, 0.4) is 0 Å². The van der Waals surface area contributed by atoms with Gasteiger partial charge in [0, 0.05) is 35.4 Å². The van der Waals surface area contributed by atoms with Gasteiger partial charge >= 0.3 is 5.97 Å². The number of hydrazone groups is 1. The number of aromatic nitrogens is 1. The summed E-state index contributed by atoms with van der Waals surface area (Å²) in [5.41, 5.74) is 2.67. The minimum atomic E-state index is -1.06. The third kappa shape index (κ3) is 5.21. The van der Waals surface area contributed by atoms with Crippen molar-refractivity contribution in [3.63, 3.8) is 0 Å². The average molecular weight is 512 g/mol. The summed E-state index contributed by atoms with van der Waals surface area (Å²) in [6.45, 7) is 2.43. The number of carbonyl (C=O) groups is 2. The van der Waals surface area contributed by atoms with Crippen LogP contribution in [0, 0.1) is 0 Å². The second-order valence-electron chi connectivity index (χ2n) is 8.12. The van der Waals surface area contributed by atoms with E-state index in [-0.39, 0.29) is 18.0 Å². The molecule has 10 heteroatoms. The number of fused-ring (bicyclic) bond motifs is 1. The molecule has 1 atom stereocenters. The van der Waals surface area contributed by atoms with Crippen LogP contribution >= 0.6 is 11.6 Å². The zero-order valence-corrected chi connectivity index (χ0v) is 20.9. The van der Waals surface area contributed by atoms with Crippen molar-refractivity contribution in [1.82, 2.24) is 9.99 Å². The number of aliphatic carboxylic acids is 1. The lowest BCUT2D eigenvalue weighted by atomic mass is 9.98. The lowest BCUT2D eigenvalue weighted by molar-refractivity contribution is -0.141. The Labute approximate surface area is 213 Å². The van der Waals surface area contributed by atoms with Gasteiger partial charge in [-0.3, -0.25) is 9.59 Å². The van der Waals surface area contributed by atoms with Crippen LogP contribution in [0.2, 0.25) is 5.15 Å². The summed E-state index contributed by atoms with van der Waals surface area (Å²) in [7, 11) is 3.09. The van der Waals surface area contributed by atoms with Crippen molar-refractivity contribution in [2.75, 3.05) is 20.8 Å². The van der Waals surface area contributed by atoms with Crippen molar-refractivity contribution in [2.45, 2.75) is 32.2 Å². The van der Waals surface area contributed by atoms with Gasteiger partial charge in [0.05, 0.1) is 44.5 Å². The normalized spacial score (nSPS) is 15.1. The van der Waals surface area contributed by atoms with E-state index in [0.29, 0.717) is 47.1 Å². The van der Waals surface area contributed by atoms with Gasteiger partial charge in [0.1, 0.15) is 10.9 Å². The molecule has 0 unspecified atom stereocenters. The highest BCUT2D eigenvalue weighted by atomic mass is 35.5. The number of carboxylic acid groups (broad SMARTS) is 1. The van der Waals surface area contributed by atoms with Crippen molar-refractivity contribution >= 4 is 40.1 Å². The Bertz CT molecular complexity index is 1340. The number of pyridine rings is 1. The summed E-state index contributed by atoms with van der Waals surface area (Å²) in [6, 6.07) is 12.3. The van der Waals surface area contributed by atoms with Gasteiger partial charge in [-0.1, -0.05) is 11.6 Å². The van der Waals surface area contributed by atoms with E-state index in [1.54, 1.807) is 26.4 Å². The summed E-state index contributed by atoms with van der Waals surface area (Å²) in [5.74, 6) is 0.311. The van der Waals surface area contributed by atoms with Crippen LogP contribution in [-0.4, -0.2) is 53.5 Å². The Morgan fingerprint density at radius 2 is 1.86 bits per heavy atom. The number of methoxy groups -OCH3 is 2. The summed E-state index contributed by atoms with van der Waals surface area (Å²) in [4.78, 5) is 28.7. The number of carbonyl (C=O) groups excluding carboxylic acids is 1. The van der Waals surface area contributed by atoms with Gasteiger partial charge < -0.3 is 19.3 Å². The van der Waals surface area contributed by atoms with Crippen molar-refractivity contribution < 1.29 is 28.9 Å². The molecule has 1 amide bonds. The van der Waals surface area contributed by atoms with E-state index in [1.807, 2.05) is 37.3 Å². The van der Waals surface area contributed by atoms with Crippen LogP contribution in [0.25, 0.3) is 10.9 Å². The number of ether oxygens (including phenoxy) is 3. The molecule has 1 aliphatic heterocycles. The van der Waals surface area contributed by atoms with E-state index in [0.717, 1.165) is 10.9 Å². The second-order valence-corrected chi connectivity index (χ2v) is 8.48. The standard InChI is InChI=1S/C26H26ClN3O6/c1-4-36-17-7-5-15-11-18(26(27)28-19(15)13-17)21-14-20(29-30(21)24(31)9-10-25(32)33)16-6-8-22(34-2)23(12-16)35-3/h5-8,11-13,21H,4,9-10,14H2,1-3H3,(H,32,33)/t21-/m0/s1. The van der Waals surface area contributed by atoms with Gasteiger partial charge in [-0.25, -0.2) is 9.99 Å². The van der Waals surface area contributed by atoms with E-state index in [1.165, 1.54) is 5.01 Å². The highest BCUT2D eigenvalue weighted by Gasteiger charge is 2.35. The molecule has 4 rings (SSSR count). The molecule has 0 fully saturated rings.